The van der Waals surface area contributed by atoms with Crippen molar-refractivity contribution in [3.05, 3.63) is 5.89 Å². The van der Waals surface area contributed by atoms with Crippen LogP contribution in [-0.4, -0.2) is 22.3 Å². The van der Waals surface area contributed by atoms with Crippen LogP contribution >= 0.6 is 0 Å². The van der Waals surface area contributed by atoms with Gasteiger partial charge in [0.15, 0.2) is 0 Å². The van der Waals surface area contributed by atoms with E-state index in [-0.39, 0.29) is 5.54 Å². The fraction of sp³-hybridized carbons (Fsp3) is 0.857. The number of hydrogen-bond acceptors (Lipinski definition) is 5. The lowest BCUT2D eigenvalue weighted by Gasteiger charge is -2.18. The molecule has 108 valence electrons. The number of aromatic nitrogens is 2. The van der Waals surface area contributed by atoms with Gasteiger partial charge in [-0.2, -0.15) is 0 Å². The average Bonchev–Trinajstić information content (AvgIpc) is 2.92. The lowest BCUT2D eigenvalue weighted by atomic mass is 10.1. The van der Waals surface area contributed by atoms with Crippen molar-refractivity contribution in [1.29, 1.82) is 0 Å². The molecule has 1 fully saturated rings. The van der Waals surface area contributed by atoms with Crippen molar-refractivity contribution < 1.29 is 4.42 Å². The zero-order valence-corrected chi connectivity index (χ0v) is 12.5. The molecule has 19 heavy (non-hydrogen) atoms. The van der Waals surface area contributed by atoms with Crippen molar-refractivity contribution in [2.75, 3.05) is 11.9 Å². The van der Waals surface area contributed by atoms with Gasteiger partial charge in [0.2, 0.25) is 5.89 Å². The Balaban J connectivity index is 1.74. The molecule has 1 heterocycles. The molecule has 5 heteroatoms. The zero-order chi connectivity index (χ0) is 13.9. The molecule has 0 radical (unpaired) electrons. The number of nitrogens with one attached hydrogen (secondary N) is 2. The predicted molar refractivity (Wildman–Crippen MR) is 75.9 cm³/mol. The molecule has 2 rings (SSSR count). The summed E-state index contributed by atoms with van der Waals surface area (Å²) in [7, 11) is 0. The Morgan fingerprint density at radius 3 is 2.68 bits per heavy atom. The first kappa shape index (κ1) is 14.3. The van der Waals surface area contributed by atoms with E-state index in [1.54, 1.807) is 0 Å². The molecule has 2 N–H and O–H groups in total. The van der Waals surface area contributed by atoms with Crippen LogP contribution in [-0.2, 0) is 6.54 Å². The topological polar surface area (TPSA) is 63.0 Å². The number of rotatable bonds is 5. The zero-order valence-electron chi connectivity index (χ0n) is 12.5. The predicted octanol–water partition coefficient (Wildman–Crippen LogP) is 2.81. The average molecular weight is 266 g/mol. The lowest BCUT2D eigenvalue weighted by molar-refractivity contribution is 0.383. The van der Waals surface area contributed by atoms with E-state index in [9.17, 15) is 0 Å². The summed E-state index contributed by atoms with van der Waals surface area (Å²) in [5.41, 5.74) is 0.0576. The van der Waals surface area contributed by atoms with Gasteiger partial charge in [0.25, 0.3) is 0 Å². The van der Waals surface area contributed by atoms with E-state index < -0.39 is 0 Å². The van der Waals surface area contributed by atoms with Gasteiger partial charge >= 0.3 is 6.01 Å². The normalized spacial score (nSPS) is 23.8. The summed E-state index contributed by atoms with van der Waals surface area (Å²) >= 11 is 0. The highest BCUT2D eigenvalue weighted by Crippen LogP contribution is 2.30. The smallest absolute Gasteiger partial charge is 0.315 e. The van der Waals surface area contributed by atoms with Gasteiger partial charge in [0, 0.05) is 12.1 Å². The van der Waals surface area contributed by atoms with Gasteiger partial charge in [-0.25, -0.2) is 0 Å². The minimum Gasteiger partial charge on any atom is -0.407 e. The first-order chi connectivity index (χ1) is 8.92. The number of anilines is 1. The van der Waals surface area contributed by atoms with Crippen molar-refractivity contribution in [2.45, 2.75) is 59.0 Å². The van der Waals surface area contributed by atoms with Crippen LogP contribution in [0.5, 0.6) is 0 Å². The lowest BCUT2D eigenvalue weighted by Crippen LogP contribution is -2.35. The molecular weight excluding hydrogens is 240 g/mol. The quantitative estimate of drug-likeness (QED) is 0.858. The van der Waals surface area contributed by atoms with Gasteiger partial charge in [0.05, 0.1) is 6.54 Å². The van der Waals surface area contributed by atoms with Crippen LogP contribution in [0.15, 0.2) is 4.42 Å². The summed E-state index contributed by atoms with van der Waals surface area (Å²) in [5.74, 6) is 2.25. The van der Waals surface area contributed by atoms with Crippen molar-refractivity contribution >= 4 is 6.01 Å². The third-order valence-electron chi connectivity index (χ3n) is 3.58. The highest BCUT2D eigenvalue weighted by Gasteiger charge is 2.21. The Bertz CT molecular complexity index is 396. The summed E-state index contributed by atoms with van der Waals surface area (Å²) in [6.07, 6.45) is 3.96. The Morgan fingerprint density at radius 2 is 2.05 bits per heavy atom. The maximum atomic E-state index is 5.57. The standard InChI is InChI=1S/C14H26N4O/c1-10-5-6-11(7-10)8-15-13-18-17-12(19-13)9-16-14(2,3)4/h10-11,16H,5-9H2,1-4H3,(H,15,18). The molecule has 0 saturated heterocycles. The molecule has 0 aromatic carbocycles. The Hall–Kier alpha value is -1.10. The van der Waals surface area contributed by atoms with Crippen LogP contribution in [0.25, 0.3) is 0 Å². The molecule has 2 unspecified atom stereocenters. The Morgan fingerprint density at radius 1 is 1.26 bits per heavy atom. The van der Waals surface area contributed by atoms with Gasteiger partial charge in [-0.3, -0.25) is 0 Å². The van der Waals surface area contributed by atoms with Crippen LogP contribution in [0.4, 0.5) is 6.01 Å². The molecule has 0 aliphatic heterocycles. The maximum Gasteiger partial charge on any atom is 0.315 e. The first-order valence-electron chi connectivity index (χ1n) is 7.23. The van der Waals surface area contributed by atoms with Gasteiger partial charge in [-0.1, -0.05) is 18.4 Å². The minimum atomic E-state index is 0.0576. The third kappa shape index (κ3) is 4.82. The fourth-order valence-electron chi connectivity index (χ4n) is 2.48. The second kappa shape index (κ2) is 5.90. The maximum absolute atomic E-state index is 5.57. The molecule has 1 aromatic heterocycles. The van der Waals surface area contributed by atoms with E-state index in [0.29, 0.717) is 18.5 Å². The van der Waals surface area contributed by atoms with Crippen LogP contribution in [0.2, 0.25) is 0 Å². The number of hydrogen-bond donors (Lipinski definition) is 2. The highest BCUT2D eigenvalue weighted by molar-refractivity contribution is 5.17. The summed E-state index contributed by atoms with van der Waals surface area (Å²) in [6.45, 7) is 10.2. The number of nitrogens with zero attached hydrogens (tertiary/aromatic N) is 2. The highest BCUT2D eigenvalue weighted by atomic mass is 16.4. The molecule has 0 bridgehead atoms. The summed E-state index contributed by atoms with van der Waals surface area (Å²) in [4.78, 5) is 0. The van der Waals surface area contributed by atoms with Crippen LogP contribution in [0.3, 0.4) is 0 Å². The Labute approximate surface area is 115 Å². The van der Waals surface area contributed by atoms with Crippen LogP contribution in [0.1, 0.15) is 52.8 Å². The second-order valence-electron chi connectivity index (χ2n) is 6.77. The van der Waals surface area contributed by atoms with E-state index in [1.807, 2.05) is 0 Å². The van der Waals surface area contributed by atoms with Crippen molar-refractivity contribution in [2.24, 2.45) is 11.8 Å². The van der Waals surface area contributed by atoms with E-state index in [2.05, 4.69) is 48.5 Å². The minimum absolute atomic E-state index is 0.0576. The molecule has 1 saturated carbocycles. The fourth-order valence-corrected chi connectivity index (χ4v) is 2.48. The molecule has 0 amide bonds. The van der Waals surface area contributed by atoms with E-state index in [0.717, 1.165) is 18.4 Å². The molecule has 1 aliphatic carbocycles. The SMILES string of the molecule is CC1CCC(CNc2nnc(CNC(C)(C)C)o2)C1. The van der Waals surface area contributed by atoms with Gasteiger partial charge in [0.1, 0.15) is 0 Å². The van der Waals surface area contributed by atoms with Crippen molar-refractivity contribution in [3.8, 4) is 0 Å². The summed E-state index contributed by atoms with van der Waals surface area (Å²) in [5, 5.41) is 14.7. The second-order valence-corrected chi connectivity index (χ2v) is 6.77. The molecule has 1 aromatic rings. The van der Waals surface area contributed by atoms with E-state index in [4.69, 9.17) is 4.42 Å². The Kier molecular flexibility index (Phi) is 4.45. The largest absolute Gasteiger partial charge is 0.407 e. The molecule has 0 spiro atoms. The molecule has 2 atom stereocenters. The van der Waals surface area contributed by atoms with Gasteiger partial charge in [-0.05, 0) is 45.4 Å². The first-order valence-corrected chi connectivity index (χ1v) is 7.23. The monoisotopic (exact) mass is 266 g/mol. The van der Waals surface area contributed by atoms with E-state index >= 15 is 0 Å². The third-order valence-corrected chi connectivity index (χ3v) is 3.58. The van der Waals surface area contributed by atoms with Crippen LogP contribution in [0, 0.1) is 11.8 Å². The van der Waals surface area contributed by atoms with Crippen molar-refractivity contribution in [3.63, 3.8) is 0 Å². The van der Waals surface area contributed by atoms with E-state index in [1.165, 1.54) is 19.3 Å². The summed E-state index contributed by atoms with van der Waals surface area (Å²) < 4.78 is 5.57. The molecule has 1 aliphatic rings. The van der Waals surface area contributed by atoms with Crippen LogP contribution < -0.4 is 10.6 Å². The van der Waals surface area contributed by atoms with Gasteiger partial charge in [-0.15, -0.1) is 5.10 Å². The van der Waals surface area contributed by atoms with Crippen molar-refractivity contribution in [1.82, 2.24) is 15.5 Å². The van der Waals surface area contributed by atoms with Gasteiger partial charge < -0.3 is 15.1 Å². The molecule has 5 nitrogen and oxygen atoms in total. The molecular formula is C14H26N4O. The summed E-state index contributed by atoms with van der Waals surface area (Å²) in [6, 6.07) is 0.547.